The van der Waals surface area contributed by atoms with Crippen LogP contribution in [0, 0.1) is 0 Å². The molecule has 0 spiro atoms. The maximum atomic E-state index is 5.95. The highest BCUT2D eigenvalue weighted by atomic mass is 16.5. The van der Waals surface area contributed by atoms with Crippen molar-refractivity contribution in [1.82, 2.24) is 0 Å². The molecule has 4 nitrogen and oxygen atoms in total. The Morgan fingerprint density at radius 2 is 0.690 bits per heavy atom. The largest absolute Gasteiger partial charge is 0.496 e. The van der Waals surface area contributed by atoms with Gasteiger partial charge in [0.1, 0.15) is 24.6 Å². The van der Waals surface area contributed by atoms with Crippen LogP contribution in [0.15, 0.2) is 12.1 Å². The number of quaternary nitrogens is 2. The molecular formula is C38H74N2O2+2. The summed E-state index contributed by atoms with van der Waals surface area (Å²) >= 11 is 0. The van der Waals surface area contributed by atoms with Gasteiger partial charge in [0.2, 0.25) is 0 Å². The summed E-state index contributed by atoms with van der Waals surface area (Å²) in [6.07, 6.45) is 27.7. The Balaban J connectivity index is 2.51. The molecule has 1 aromatic carbocycles. The summed E-state index contributed by atoms with van der Waals surface area (Å²) in [4.78, 5) is 0. The first-order valence-corrected chi connectivity index (χ1v) is 18.1. The molecule has 1 aromatic rings. The van der Waals surface area contributed by atoms with Crippen molar-refractivity contribution in [2.24, 2.45) is 0 Å². The molecule has 4 heteroatoms. The second-order valence-corrected chi connectivity index (χ2v) is 14.5. The van der Waals surface area contributed by atoms with E-state index in [2.05, 4.69) is 54.2 Å². The number of nitrogens with zero attached hydrogens (tertiary/aromatic N) is 2. The van der Waals surface area contributed by atoms with E-state index in [9.17, 15) is 0 Å². The molecule has 0 N–H and O–H groups in total. The van der Waals surface area contributed by atoms with Crippen molar-refractivity contribution in [3.05, 3.63) is 23.3 Å². The first kappa shape index (κ1) is 38.8. The van der Waals surface area contributed by atoms with E-state index >= 15 is 0 Å². The number of methoxy groups -OCH3 is 2. The second-order valence-electron chi connectivity index (χ2n) is 14.5. The highest BCUT2D eigenvalue weighted by Gasteiger charge is 2.24. The van der Waals surface area contributed by atoms with Crippen molar-refractivity contribution in [2.45, 2.75) is 155 Å². The zero-order chi connectivity index (χ0) is 31.1. The van der Waals surface area contributed by atoms with Crippen LogP contribution in [0.5, 0.6) is 11.5 Å². The van der Waals surface area contributed by atoms with Crippen LogP contribution in [0.3, 0.4) is 0 Å². The third-order valence-electron chi connectivity index (χ3n) is 9.11. The molecule has 0 aliphatic carbocycles. The zero-order valence-corrected chi connectivity index (χ0v) is 29.8. The number of hydrogen-bond acceptors (Lipinski definition) is 2. The van der Waals surface area contributed by atoms with E-state index in [0.29, 0.717) is 0 Å². The number of hydrogen-bond donors (Lipinski definition) is 0. The van der Waals surface area contributed by atoms with Gasteiger partial charge >= 0.3 is 0 Å². The van der Waals surface area contributed by atoms with Gasteiger partial charge < -0.3 is 18.4 Å². The Kier molecular flexibility index (Phi) is 21.4. The lowest BCUT2D eigenvalue weighted by Crippen LogP contribution is -2.40. The quantitative estimate of drug-likeness (QED) is 0.0714. The van der Waals surface area contributed by atoms with Gasteiger partial charge in [-0.1, -0.05) is 117 Å². The molecule has 0 atom stereocenters. The molecular weight excluding hydrogens is 516 g/mol. The van der Waals surface area contributed by atoms with Crippen LogP contribution >= 0.6 is 0 Å². The molecule has 0 aliphatic heterocycles. The average molecular weight is 591 g/mol. The summed E-state index contributed by atoms with van der Waals surface area (Å²) in [5, 5.41) is 0. The smallest absolute Gasteiger partial charge is 0.128 e. The van der Waals surface area contributed by atoms with Gasteiger partial charge in [-0.25, -0.2) is 0 Å². The van der Waals surface area contributed by atoms with Crippen LogP contribution < -0.4 is 9.47 Å². The molecule has 0 saturated heterocycles. The Bertz CT molecular complexity index is 724. The number of benzene rings is 1. The predicted molar refractivity (Wildman–Crippen MR) is 185 cm³/mol. The van der Waals surface area contributed by atoms with E-state index in [4.69, 9.17) is 9.47 Å². The molecule has 1 rings (SSSR count). The summed E-state index contributed by atoms with van der Waals surface area (Å²) < 4.78 is 13.9. The zero-order valence-electron chi connectivity index (χ0n) is 29.8. The highest BCUT2D eigenvalue weighted by Crippen LogP contribution is 2.32. The lowest BCUT2D eigenvalue weighted by atomic mass is 10.0. The molecule has 42 heavy (non-hydrogen) atoms. The van der Waals surface area contributed by atoms with Crippen LogP contribution in [-0.4, -0.2) is 64.5 Å². The fraction of sp³-hybridized carbons (Fsp3) is 0.842. The van der Waals surface area contributed by atoms with Crippen LogP contribution in [0.25, 0.3) is 0 Å². The van der Waals surface area contributed by atoms with Gasteiger partial charge in [0.05, 0.1) is 66.6 Å². The molecule has 0 amide bonds. The SMILES string of the molecule is CCCCCCCCCCCC[N+](C)(C)Cc1cc(OC)c(C[N+](C)(C)CCCCCCCCCCCC)cc1OC. The topological polar surface area (TPSA) is 18.5 Å². The van der Waals surface area contributed by atoms with E-state index in [1.807, 2.05) is 14.2 Å². The molecule has 0 aliphatic rings. The third-order valence-corrected chi connectivity index (χ3v) is 9.11. The predicted octanol–water partition coefficient (Wildman–Crippen LogP) is 10.7. The van der Waals surface area contributed by atoms with Crippen molar-refractivity contribution in [3.8, 4) is 11.5 Å². The Morgan fingerprint density at radius 3 is 0.952 bits per heavy atom. The van der Waals surface area contributed by atoms with Gasteiger partial charge in [-0.05, 0) is 37.8 Å². The minimum atomic E-state index is 0.966. The van der Waals surface area contributed by atoms with Crippen molar-refractivity contribution in [1.29, 1.82) is 0 Å². The van der Waals surface area contributed by atoms with E-state index in [1.165, 1.54) is 153 Å². The van der Waals surface area contributed by atoms with Crippen LogP contribution in [0.2, 0.25) is 0 Å². The molecule has 0 radical (unpaired) electrons. The first-order valence-electron chi connectivity index (χ1n) is 18.1. The lowest BCUT2D eigenvalue weighted by molar-refractivity contribution is -0.904. The maximum Gasteiger partial charge on any atom is 0.128 e. The fourth-order valence-corrected chi connectivity index (χ4v) is 6.41. The van der Waals surface area contributed by atoms with Gasteiger partial charge in [-0.15, -0.1) is 0 Å². The Hall–Kier alpha value is -1.26. The van der Waals surface area contributed by atoms with Crippen molar-refractivity contribution in [2.75, 3.05) is 55.5 Å². The minimum Gasteiger partial charge on any atom is -0.496 e. The van der Waals surface area contributed by atoms with Crippen LogP contribution in [-0.2, 0) is 13.1 Å². The van der Waals surface area contributed by atoms with Crippen LogP contribution in [0.4, 0.5) is 0 Å². The minimum absolute atomic E-state index is 0.966. The molecule has 0 saturated carbocycles. The average Bonchev–Trinajstić information content (AvgIpc) is 2.95. The van der Waals surface area contributed by atoms with Crippen molar-refractivity contribution < 1.29 is 18.4 Å². The summed E-state index contributed by atoms with van der Waals surface area (Å²) in [5.41, 5.74) is 2.52. The molecule has 0 unspecified atom stereocenters. The molecule has 0 bridgehead atoms. The molecule has 0 heterocycles. The lowest BCUT2D eigenvalue weighted by Gasteiger charge is -2.32. The second kappa shape index (κ2) is 23.2. The number of unbranched alkanes of at least 4 members (excludes halogenated alkanes) is 18. The first-order chi connectivity index (χ1) is 20.2. The van der Waals surface area contributed by atoms with Crippen molar-refractivity contribution >= 4 is 0 Å². The van der Waals surface area contributed by atoms with Gasteiger partial charge in [-0.3, -0.25) is 0 Å². The van der Waals surface area contributed by atoms with Crippen molar-refractivity contribution in [3.63, 3.8) is 0 Å². The molecule has 0 fully saturated rings. The van der Waals surface area contributed by atoms with Crippen LogP contribution in [0.1, 0.15) is 153 Å². The summed E-state index contributed by atoms with van der Waals surface area (Å²) in [6.45, 7) is 8.92. The normalized spacial score (nSPS) is 12.2. The number of rotatable bonds is 28. The Morgan fingerprint density at radius 1 is 0.429 bits per heavy atom. The van der Waals surface area contributed by atoms with E-state index in [-0.39, 0.29) is 0 Å². The van der Waals surface area contributed by atoms with Gasteiger partial charge in [0, 0.05) is 0 Å². The fourth-order valence-electron chi connectivity index (χ4n) is 6.41. The molecule has 0 aromatic heterocycles. The summed E-state index contributed by atoms with van der Waals surface area (Å²) in [5.74, 6) is 2.03. The summed E-state index contributed by atoms with van der Waals surface area (Å²) in [7, 11) is 13.1. The number of ether oxygens (including phenoxy) is 2. The third kappa shape index (κ3) is 18.4. The van der Waals surface area contributed by atoms with Gasteiger partial charge in [0.25, 0.3) is 0 Å². The maximum absolute atomic E-state index is 5.95. The molecule has 246 valence electrons. The highest BCUT2D eigenvalue weighted by molar-refractivity contribution is 5.46. The van der Waals surface area contributed by atoms with E-state index < -0.39 is 0 Å². The Labute approximate surface area is 263 Å². The standard InChI is InChI=1S/C38H74N2O2/c1-9-11-13-15-17-19-21-23-25-27-29-39(3,4)33-35-31-38(42-8)36(32-37(35)41-7)34-40(5,6)30-28-26-24-22-20-18-16-14-12-10-2/h31-32H,9-30,33-34H2,1-8H3/q+2. The van der Waals surface area contributed by atoms with Gasteiger partial charge in [-0.2, -0.15) is 0 Å². The van der Waals surface area contributed by atoms with Gasteiger partial charge in [0.15, 0.2) is 0 Å². The van der Waals surface area contributed by atoms with E-state index in [1.54, 1.807) is 0 Å². The monoisotopic (exact) mass is 591 g/mol. The summed E-state index contributed by atoms with van der Waals surface area (Å²) in [6, 6.07) is 4.51. The van der Waals surface area contributed by atoms with E-state index in [0.717, 1.165) is 33.6 Å².